The molecule has 0 aromatic carbocycles. The van der Waals surface area contributed by atoms with Crippen LogP contribution in [0.15, 0.2) is 0 Å². The Labute approximate surface area is 199 Å². The van der Waals surface area contributed by atoms with Crippen LogP contribution in [0.5, 0.6) is 0 Å². The summed E-state index contributed by atoms with van der Waals surface area (Å²) in [6.07, 6.45) is 29.8. The summed E-state index contributed by atoms with van der Waals surface area (Å²) in [7, 11) is 0. The molecule has 0 aliphatic rings. The number of carboxylic acids is 1. The molecule has 4 heteroatoms. The van der Waals surface area contributed by atoms with Gasteiger partial charge in [0.05, 0.1) is 19.4 Å². The van der Waals surface area contributed by atoms with Gasteiger partial charge in [-0.25, -0.2) is 0 Å². The number of carbonyl (C=O) groups is 2. The van der Waals surface area contributed by atoms with E-state index in [1.54, 1.807) is 0 Å². The summed E-state index contributed by atoms with van der Waals surface area (Å²) in [5.41, 5.74) is 0. The quantitative estimate of drug-likeness (QED) is 0.105. The lowest BCUT2D eigenvalue weighted by Gasteiger charge is -2.05. The third-order valence-corrected chi connectivity index (χ3v) is 6.30. The molecule has 0 rings (SSSR count). The smallest absolute Gasteiger partial charge is 0.306 e. The summed E-state index contributed by atoms with van der Waals surface area (Å²) in [6.45, 7) is 2.71. The maximum Gasteiger partial charge on any atom is 0.306 e. The molecule has 1 N–H and O–H groups in total. The first kappa shape index (κ1) is 30.9. The summed E-state index contributed by atoms with van der Waals surface area (Å²) < 4.78 is 5.03. The highest BCUT2D eigenvalue weighted by Crippen LogP contribution is 2.15. The Morgan fingerprint density at radius 1 is 0.500 bits per heavy atom. The van der Waals surface area contributed by atoms with Gasteiger partial charge >= 0.3 is 11.9 Å². The van der Waals surface area contributed by atoms with E-state index in [0.717, 1.165) is 12.8 Å². The minimum Gasteiger partial charge on any atom is -0.481 e. The van der Waals surface area contributed by atoms with Crippen molar-refractivity contribution in [1.29, 1.82) is 0 Å². The van der Waals surface area contributed by atoms with Gasteiger partial charge < -0.3 is 9.84 Å². The number of aliphatic carboxylic acids is 1. The van der Waals surface area contributed by atoms with Crippen molar-refractivity contribution in [2.24, 2.45) is 0 Å². The van der Waals surface area contributed by atoms with E-state index in [1.807, 2.05) is 0 Å². The highest BCUT2D eigenvalue weighted by Gasteiger charge is 2.05. The van der Waals surface area contributed by atoms with Gasteiger partial charge in [-0.05, 0) is 6.42 Å². The molecule has 190 valence electrons. The number of esters is 1. The van der Waals surface area contributed by atoms with Gasteiger partial charge in [0.25, 0.3) is 0 Å². The zero-order valence-electron chi connectivity index (χ0n) is 21.3. The summed E-state index contributed by atoms with van der Waals surface area (Å²) in [5.74, 6) is -1.35. The standard InChI is InChI=1S/C28H54O4/c1-2-3-4-5-6-7-8-9-10-11-12-13-14-15-16-17-18-19-20-21-22-23-26-32-28(31)25-24-27(29)30/h2-26H2,1H3,(H,29,30). The summed E-state index contributed by atoms with van der Waals surface area (Å²) in [4.78, 5) is 21.7. The van der Waals surface area contributed by atoms with Gasteiger partial charge in [-0.15, -0.1) is 0 Å². The molecule has 0 aliphatic heterocycles. The first-order valence-corrected chi connectivity index (χ1v) is 14.0. The minimum absolute atomic E-state index is 0.0192. The molecule has 0 aromatic heterocycles. The number of carboxylic acid groups (broad SMARTS) is 1. The molecule has 0 bridgehead atoms. The molecule has 0 amide bonds. The van der Waals surface area contributed by atoms with E-state index in [-0.39, 0.29) is 12.8 Å². The molecule has 0 heterocycles. The summed E-state index contributed by atoms with van der Waals surface area (Å²) in [6, 6.07) is 0. The van der Waals surface area contributed by atoms with Gasteiger partial charge in [0.2, 0.25) is 0 Å². The van der Waals surface area contributed by atoms with Crippen molar-refractivity contribution in [1.82, 2.24) is 0 Å². The SMILES string of the molecule is CCCCCCCCCCCCCCCCCCCCCCCCOC(=O)CCC(=O)O. The van der Waals surface area contributed by atoms with Crippen molar-refractivity contribution < 1.29 is 19.4 Å². The molecule has 0 spiro atoms. The van der Waals surface area contributed by atoms with E-state index in [1.165, 1.54) is 128 Å². The number of rotatable bonds is 26. The second-order valence-electron chi connectivity index (χ2n) is 9.54. The van der Waals surface area contributed by atoms with Crippen LogP contribution in [0.25, 0.3) is 0 Å². The highest BCUT2D eigenvalue weighted by atomic mass is 16.5. The molecule has 0 radical (unpaired) electrons. The predicted molar refractivity (Wildman–Crippen MR) is 135 cm³/mol. The van der Waals surface area contributed by atoms with Crippen molar-refractivity contribution in [3.63, 3.8) is 0 Å². The van der Waals surface area contributed by atoms with Crippen LogP contribution in [-0.2, 0) is 14.3 Å². The molecule has 0 fully saturated rings. The summed E-state index contributed by atoms with van der Waals surface area (Å²) >= 11 is 0. The predicted octanol–water partition coefficient (Wildman–Crippen LogP) is 9.00. The largest absolute Gasteiger partial charge is 0.481 e. The van der Waals surface area contributed by atoms with Gasteiger partial charge in [0.15, 0.2) is 0 Å². The molecule has 0 aliphatic carbocycles. The van der Waals surface area contributed by atoms with Crippen LogP contribution >= 0.6 is 0 Å². The maximum atomic E-state index is 11.3. The van der Waals surface area contributed by atoms with E-state index >= 15 is 0 Å². The van der Waals surface area contributed by atoms with Crippen LogP contribution in [0.1, 0.15) is 161 Å². The number of ether oxygens (including phenoxy) is 1. The Bertz CT molecular complexity index is 408. The van der Waals surface area contributed by atoms with Crippen LogP contribution in [0, 0.1) is 0 Å². The van der Waals surface area contributed by atoms with Crippen LogP contribution in [0.3, 0.4) is 0 Å². The number of carbonyl (C=O) groups excluding carboxylic acids is 1. The van der Waals surface area contributed by atoms with Crippen LogP contribution < -0.4 is 0 Å². The second-order valence-corrected chi connectivity index (χ2v) is 9.54. The van der Waals surface area contributed by atoms with E-state index in [9.17, 15) is 9.59 Å². The van der Waals surface area contributed by atoms with E-state index < -0.39 is 11.9 Å². The van der Waals surface area contributed by atoms with E-state index in [4.69, 9.17) is 9.84 Å². The Morgan fingerprint density at radius 2 is 0.812 bits per heavy atom. The Hall–Kier alpha value is -1.06. The van der Waals surface area contributed by atoms with Crippen LogP contribution in [0.2, 0.25) is 0 Å². The summed E-state index contributed by atoms with van der Waals surface area (Å²) in [5, 5.41) is 8.51. The van der Waals surface area contributed by atoms with Gasteiger partial charge in [-0.2, -0.15) is 0 Å². The number of unbranched alkanes of at least 4 members (excludes halogenated alkanes) is 21. The van der Waals surface area contributed by atoms with Crippen molar-refractivity contribution in [2.45, 2.75) is 161 Å². The van der Waals surface area contributed by atoms with Crippen molar-refractivity contribution >= 4 is 11.9 Å². The third-order valence-electron chi connectivity index (χ3n) is 6.30. The molecule has 0 saturated heterocycles. The van der Waals surface area contributed by atoms with Crippen molar-refractivity contribution in [3.05, 3.63) is 0 Å². The molecule has 32 heavy (non-hydrogen) atoms. The molecule has 4 nitrogen and oxygen atoms in total. The normalized spacial score (nSPS) is 11.0. The van der Waals surface area contributed by atoms with Crippen molar-refractivity contribution in [2.75, 3.05) is 6.61 Å². The maximum absolute atomic E-state index is 11.3. The van der Waals surface area contributed by atoms with Crippen LogP contribution in [0.4, 0.5) is 0 Å². The fourth-order valence-corrected chi connectivity index (χ4v) is 4.18. The Kier molecular flexibility index (Phi) is 25.3. The molecule has 0 aromatic rings. The van der Waals surface area contributed by atoms with Gasteiger partial charge in [0, 0.05) is 0 Å². The third kappa shape index (κ3) is 27.0. The number of hydrogen-bond donors (Lipinski definition) is 1. The lowest BCUT2D eigenvalue weighted by Crippen LogP contribution is -2.08. The first-order chi connectivity index (χ1) is 15.7. The fourth-order valence-electron chi connectivity index (χ4n) is 4.18. The minimum atomic E-state index is -0.953. The monoisotopic (exact) mass is 454 g/mol. The molecule has 0 saturated carbocycles. The van der Waals surface area contributed by atoms with Gasteiger partial charge in [0.1, 0.15) is 0 Å². The molecular weight excluding hydrogens is 400 g/mol. The lowest BCUT2D eigenvalue weighted by atomic mass is 10.0. The average molecular weight is 455 g/mol. The first-order valence-electron chi connectivity index (χ1n) is 14.0. The van der Waals surface area contributed by atoms with Gasteiger partial charge in [-0.1, -0.05) is 142 Å². The zero-order chi connectivity index (χ0) is 23.5. The number of hydrogen-bond acceptors (Lipinski definition) is 3. The topological polar surface area (TPSA) is 63.6 Å². The molecular formula is C28H54O4. The van der Waals surface area contributed by atoms with E-state index in [0.29, 0.717) is 6.61 Å². The molecule has 0 atom stereocenters. The highest BCUT2D eigenvalue weighted by molar-refractivity contribution is 5.76. The lowest BCUT2D eigenvalue weighted by molar-refractivity contribution is -0.147. The fraction of sp³-hybridized carbons (Fsp3) is 0.929. The van der Waals surface area contributed by atoms with Gasteiger partial charge in [-0.3, -0.25) is 9.59 Å². The van der Waals surface area contributed by atoms with Crippen molar-refractivity contribution in [3.8, 4) is 0 Å². The molecule has 0 unspecified atom stereocenters. The Balaban J connectivity index is 3.08. The average Bonchev–Trinajstić information content (AvgIpc) is 2.78. The second kappa shape index (κ2) is 26.2. The van der Waals surface area contributed by atoms with E-state index in [2.05, 4.69) is 6.92 Å². The Morgan fingerprint density at radius 3 is 1.12 bits per heavy atom. The van der Waals surface area contributed by atoms with Crippen LogP contribution in [-0.4, -0.2) is 23.7 Å². The zero-order valence-corrected chi connectivity index (χ0v) is 21.3.